The number of pyridine rings is 1. The fourth-order valence-electron chi connectivity index (χ4n) is 2.22. The molecule has 0 amide bonds. The van der Waals surface area contributed by atoms with E-state index in [-0.39, 0.29) is 6.04 Å². The highest BCUT2D eigenvalue weighted by atomic mass is 16.3. The summed E-state index contributed by atoms with van der Waals surface area (Å²) in [4.78, 5) is 4.03. The first kappa shape index (κ1) is 13.6. The predicted molar refractivity (Wildman–Crippen MR) is 76.8 cm³/mol. The molecule has 0 saturated carbocycles. The summed E-state index contributed by atoms with van der Waals surface area (Å²) in [5.41, 5.74) is 8.13. The lowest BCUT2D eigenvalue weighted by molar-refractivity contribution is 0.494. The summed E-state index contributed by atoms with van der Waals surface area (Å²) in [6, 6.07) is 6.22. The number of nitrogens with one attached hydrogen (secondary N) is 1. The van der Waals surface area contributed by atoms with Gasteiger partial charge in [-0.2, -0.15) is 0 Å². The molecule has 2 rings (SSSR count). The summed E-state index contributed by atoms with van der Waals surface area (Å²) in [5.74, 6) is 1.53. The molecule has 0 bridgehead atoms. The van der Waals surface area contributed by atoms with Crippen molar-refractivity contribution in [2.75, 3.05) is 12.3 Å². The number of nitrogens with zero attached hydrogens (tertiary/aromatic N) is 1. The highest BCUT2D eigenvalue weighted by Gasteiger charge is 2.15. The molecule has 4 nitrogen and oxygen atoms in total. The van der Waals surface area contributed by atoms with Crippen LogP contribution < -0.4 is 11.1 Å². The van der Waals surface area contributed by atoms with E-state index in [9.17, 15) is 0 Å². The number of hydrogen-bond donors (Lipinski definition) is 2. The Morgan fingerprint density at radius 1 is 1.42 bits per heavy atom. The first-order valence-corrected chi connectivity index (χ1v) is 6.68. The number of rotatable bonds is 6. The lowest BCUT2D eigenvalue weighted by atomic mass is 10.00. The van der Waals surface area contributed by atoms with Crippen molar-refractivity contribution in [1.29, 1.82) is 0 Å². The van der Waals surface area contributed by atoms with Crippen LogP contribution in [0.4, 0.5) is 5.82 Å². The predicted octanol–water partition coefficient (Wildman–Crippen LogP) is 2.85. The van der Waals surface area contributed by atoms with Gasteiger partial charge in [-0.15, -0.1) is 0 Å². The first-order valence-electron chi connectivity index (χ1n) is 6.68. The van der Waals surface area contributed by atoms with Gasteiger partial charge in [-0.25, -0.2) is 4.98 Å². The zero-order valence-corrected chi connectivity index (χ0v) is 11.5. The topological polar surface area (TPSA) is 64.1 Å². The van der Waals surface area contributed by atoms with Crippen molar-refractivity contribution in [3.8, 4) is 0 Å². The largest absolute Gasteiger partial charge is 0.469 e. The van der Waals surface area contributed by atoms with E-state index in [2.05, 4.69) is 17.2 Å². The lowest BCUT2D eigenvalue weighted by Gasteiger charge is -2.18. The van der Waals surface area contributed by atoms with Crippen molar-refractivity contribution >= 4 is 5.82 Å². The number of hydrogen-bond acceptors (Lipinski definition) is 4. The van der Waals surface area contributed by atoms with Gasteiger partial charge in [-0.1, -0.05) is 6.92 Å². The molecule has 4 heteroatoms. The molecule has 0 spiro atoms. The average Bonchev–Trinajstić information content (AvgIpc) is 2.81. The van der Waals surface area contributed by atoms with Crippen LogP contribution in [0, 0.1) is 6.92 Å². The molecule has 0 saturated heterocycles. The number of nitrogen functional groups attached to an aromatic ring is 1. The zero-order valence-electron chi connectivity index (χ0n) is 11.5. The number of nitrogens with two attached hydrogens (primary N) is 1. The van der Waals surface area contributed by atoms with Crippen molar-refractivity contribution < 1.29 is 4.42 Å². The van der Waals surface area contributed by atoms with Crippen molar-refractivity contribution in [3.63, 3.8) is 0 Å². The van der Waals surface area contributed by atoms with Gasteiger partial charge in [-0.3, -0.25) is 0 Å². The minimum Gasteiger partial charge on any atom is -0.469 e. The molecule has 0 aromatic carbocycles. The maximum Gasteiger partial charge on any atom is 0.123 e. The van der Waals surface area contributed by atoms with Crippen LogP contribution in [0.1, 0.15) is 36.3 Å². The summed E-state index contributed by atoms with van der Waals surface area (Å²) >= 11 is 0. The van der Waals surface area contributed by atoms with Gasteiger partial charge in [0.15, 0.2) is 0 Å². The van der Waals surface area contributed by atoms with Crippen LogP contribution in [0.3, 0.4) is 0 Å². The number of aromatic nitrogens is 1. The lowest BCUT2D eigenvalue weighted by Crippen LogP contribution is -2.24. The molecule has 2 heterocycles. The van der Waals surface area contributed by atoms with Gasteiger partial charge < -0.3 is 15.5 Å². The van der Waals surface area contributed by atoms with E-state index in [0.717, 1.165) is 25.1 Å². The molecule has 1 unspecified atom stereocenters. The van der Waals surface area contributed by atoms with E-state index in [1.807, 2.05) is 25.1 Å². The third-order valence-electron chi connectivity index (χ3n) is 3.20. The average molecular weight is 259 g/mol. The SMILES string of the molecule is CCCNC(Cc1ccnc(N)c1)c1ccoc1C. The molecule has 2 aromatic heterocycles. The van der Waals surface area contributed by atoms with E-state index < -0.39 is 0 Å². The minimum absolute atomic E-state index is 0.250. The number of anilines is 1. The Labute approximate surface area is 114 Å². The van der Waals surface area contributed by atoms with Gasteiger partial charge in [0.25, 0.3) is 0 Å². The highest BCUT2D eigenvalue weighted by Crippen LogP contribution is 2.23. The third-order valence-corrected chi connectivity index (χ3v) is 3.20. The molecule has 102 valence electrons. The molecule has 3 N–H and O–H groups in total. The van der Waals surface area contributed by atoms with E-state index >= 15 is 0 Å². The van der Waals surface area contributed by atoms with Crippen LogP contribution in [-0.2, 0) is 6.42 Å². The zero-order chi connectivity index (χ0) is 13.7. The van der Waals surface area contributed by atoms with Gasteiger partial charge in [0.2, 0.25) is 0 Å². The van der Waals surface area contributed by atoms with Gasteiger partial charge >= 0.3 is 0 Å². The van der Waals surface area contributed by atoms with E-state index in [0.29, 0.717) is 5.82 Å². The van der Waals surface area contributed by atoms with Crippen LogP contribution in [0.2, 0.25) is 0 Å². The Hall–Kier alpha value is -1.81. The quantitative estimate of drug-likeness (QED) is 0.837. The van der Waals surface area contributed by atoms with Crippen LogP contribution in [0.5, 0.6) is 0 Å². The summed E-state index contributed by atoms with van der Waals surface area (Å²) < 4.78 is 5.41. The summed E-state index contributed by atoms with van der Waals surface area (Å²) in [7, 11) is 0. The Morgan fingerprint density at radius 3 is 2.89 bits per heavy atom. The van der Waals surface area contributed by atoms with Crippen LogP contribution >= 0.6 is 0 Å². The van der Waals surface area contributed by atoms with Crippen molar-refractivity contribution in [1.82, 2.24) is 10.3 Å². The molecule has 0 radical (unpaired) electrons. The fraction of sp³-hybridized carbons (Fsp3) is 0.400. The first-order chi connectivity index (χ1) is 9.20. The monoisotopic (exact) mass is 259 g/mol. The molecule has 1 atom stereocenters. The fourth-order valence-corrected chi connectivity index (χ4v) is 2.22. The molecule has 19 heavy (non-hydrogen) atoms. The normalized spacial score (nSPS) is 12.5. The second-order valence-corrected chi connectivity index (χ2v) is 4.73. The van der Waals surface area contributed by atoms with Crippen LogP contribution in [-0.4, -0.2) is 11.5 Å². The third kappa shape index (κ3) is 3.58. The van der Waals surface area contributed by atoms with Gasteiger partial charge in [0.1, 0.15) is 11.6 Å². The summed E-state index contributed by atoms with van der Waals surface area (Å²) in [6.07, 6.45) is 5.48. The number of aryl methyl sites for hydroxylation is 1. The standard InChI is InChI=1S/C15H21N3O/c1-3-6-17-14(13-5-8-19-11(13)2)9-12-4-7-18-15(16)10-12/h4-5,7-8,10,14,17H,3,6,9H2,1-2H3,(H2,16,18). The molecular weight excluding hydrogens is 238 g/mol. The molecule has 2 aromatic rings. The van der Waals surface area contributed by atoms with E-state index in [1.54, 1.807) is 12.5 Å². The number of furan rings is 1. The molecule has 0 fully saturated rings. The van der Waals surface area contributed by atoms with Gasteiger partial charge in [0.05, 0.1) is 6.26 Å². The maximum atomic E-state index is 5.73. The summed E-state index contributed by atoms with van der Waals surface area (Å²) in [6.45, 7) is 5.14. The van der Waals surface area contributed by atoms with E-state index in [4.69, 9.17) is 10.2 Å². The van der Waals surface area contributed by atoms with Crippen LogP contribution in [0.15, 0.2) is 35.1 Å². The Balaban J connectivity index is 2.16. The molecular formula is C15H21N3O. The molecule has 0 aliphatic rings. The summed E-state index contributed by atoms with van der Waals surface area (Å²) in [5, 5.41) is 3.56. The van der Waals surface area contributed by atoms with Gasteiger partial charge in [-0.05, 0) is 50.1 Å². The van der Waals surface area contributed by atoms with Crippen LogP contribution in [0.25, 0.3) is 0 Å². The maximum absolute atomic E-state index is 5.73. The Kier molecular flexibility index (Phi) is 4.58. The molecule has 0 aliphatic heterocycles. The smallest absolute Gasteiger partial charge is 0.123 e. The van der Waals surface area contributed by atoms with Crippen molar-refractivity contribution in [3.05, 3.63) is 47.5 Å². The molecule has 0 aliphatic carbocycles. The Morgan fingerprint density at radius 2 is 2.26 bits per heavy atom. The Bertz CT molecular complexity index is 522. The van der Waals surface area contributed by atoms with E-state index in [1.165, 1.54) is 11.1 Å². The van der Waals surface area contributed by atoms with Crippen molar-refractivity contribution in [2.45, 2.75) is 32.7 Å². The second kappa shape index (κ2) is 6.38. The minimum atomic E-state index is 0.250. The van der Waals surface area contributed by atoms with Gasteiger partial charge in [0, 0.05) is 17.8 Å². The highest BCUT2D eigenvalue weighted by molar-refractivity contribution is 5.33. The second-order valence-electron chi connectivity index (χ2n) is 4.73. The van der Waals surface area contributed by atoms with Crippen molar-refractivity contribution in [2.24, 2.45) is 0 Å².